The van der Waals surface area contributed by atoms with E-state index < -0.39 is 0 Å². The molecule has 0 atom stereocenters. The van der Waals surface area contributed by atoms with Crippen LogP contribution < -0.4 is 0 Å². The van der Waals surface area contributed by atoms with Crippen LogP contribution in [0.15, 0.2) is 20.0 Å². The Morgan fingerprint density at radius 3 is 1.38 bits per heavy atom. The summed E-state index contributed by atoms with van der Waals surface area (Å²) < 4.78 is 1.62. The topological polar surface area (TPSA) is 0 Å². The van der Waals surface area contributed by atoms with Gasteiger partial charge in [-0.1, -0.05) is 0 Å². The van der Waals surface area contributed by atoms with Gasteiger partial charge in [0.25, 0.3) is 0 Å². The van der Waals surface area contributed by atoms with Gasteiger partial charge in [-0.05, 0) is 0 Å². The number of hydrogen-bond donors (Lipinski definition) is 0. The van der Waals surface area contributed by atoms with E-state index in [4.69, 9.17) is 0 Å². The van der Waals surface area contributed by atoms with Gasteiger partial charge in [0.05, 0.1) is 0 Å². The number of halogens is 2. The molecule has 0 fully saturated rings. The first-order valence-electron chi connectivity index (χ1n) is 4.00. The Balaban J connectivity index is 0. The van der Waals surface area contributed by atoms with Crippen LogP contribution in [0, 0.1) is 5.41 Å². The third-order valence-corrected chi connectivity index (χ3v) is 5.52. The molecule has 0 radical (unpaired) electrons. The third-order valence-electron chi connectivity index (χ3n) is 3.06. The maximum Gasteiger partial charge on any atom is -0.107 e. The number of allylic oxidation sites excluding steroid dienone is 4. The van der Waals surface area contributed by atoms with Gasteiger partial charge >= 0.3 is 84.8 Å². The first-order valence-corrected chi connectivity index (χ1v) is 5.23. The zero-order valence-electron chi connectivity index (χ0n) is 8.82. The maximum absolute atomic E-state index is 2.33. The van der Waals surface area contributed by atoms with E-state index in [9.17, 15) is 0 Å². The summed E-state index contributed by atoms with van der Waals surface area (Å²) in [6, 6.07) is 0. The number of hydrogen-bond acceptors (Lipinski definition) is 0. The van der Waals surface area contributed by atoms with Crippen molar-refractivity contribution in [1.29, 1.82) is 0 Å². The molecule has 1 aliphatic carbocycles. The molecule has 3 heteroatoms. The van der Waals surface area contributed by atoms with Crippen molar-refractivity contribution in [3.63, 3.8) is 0 Å². The molecule has 75 valence electrons. The molecule has 0 aromatic rings. The predicted molar refractivity (Wildman–Crippen MR) is 75.7 cm³/mol. The fraction of sp³-hybridized carbons (Fsp3) is 0.600. The van der Waals surface area contributed by atoms with Crippen LogP contribution >= 0.6 is 48.0 Å². The first-order chi connectivity index (χ1) is 4.89. The summed E-state index contributed by atoms with van der Waals surface area (Å²) in [6.07, 6.45) is 0. The van der Waals surface area contributed by atoms with Crippen molar-refractivity contribution in [2.24, 2.45) is 5.41 Å². The van der Waals surface area contributed by atoms with Crippen molar-refractivity contribution in [3.05, 3.63) is 20.0 Å². The SMILES string of the molecule is CC1=C(C)C(C)(C)[C]([Zr])=C1C.I.I. The molecule has 0 spiro atoms. The molecule has 0 aliphatic heterocycles. The van der Waals surface area contributed by atoms with E-state index in [-0.39, 0.29) is 48.0 Å². The molecule has 1 rings (SSSR count). The second-order valence-electron chi connectivity index (χ2n) is 3.88. The first kappa shape index (κ1) is 17.2. The molecule has 0 aromatic heterocycles. The Kier molecular flexibility index (Phi) is 7.66. The monoisotopic (exact) mass is 481 g/mol. The standard InChI is InChI=1S/C10H15.2HI.Zr/c1-7-6-10(4,5)9(3)8(7)2;;;/h1-5H3;2*1H;. The minimum Gasteiger partial charge on any atom is -0.107 e. The molecule has 0 heterocycles. The second-order valence-corrected chi connectivity index (χ2v) is 5.10. The molecule has 0 aromatic carbocycles. The van der Waals surface area contributed by atoms with Crippen LogP contribution in [0.4, 0.5) is 0 Å². The largest absolute Gasteiger partial charge is 0.107 e. The summed E-state index contributed by atoms with van der Waals surface area (Å²) in [4.78, 5) is 0. The molecule has 0 nitrogen and oxygen atoms in total. The second kappa shape index (κ2) is 5.78. The average Bonchev–Trinajstić information content (AvgIpc) is 2.06. The van der Waals surface area contributed by atoms with E-state index in [0.717, 1.165) is 0 Å². The molecule has 0 amide bonds. The third kappa shape index (κ3) is 2.90. The maximum atomic E-state index is 2.33. The Bertz CT molecular complexity index is 236. The quantitative estimate of drug-likeness (QED) is 0.449. The van der Waals surface area contributed by atoms with Gasteiger partial charge in [-0.15, -0.1) is 48.0 Å². The molecule has 0 saturated heterocycles. The van der Waals surface area contributed by atoms with E-state index in [1.807, 2.05) is 0 Å². The molecule has 0 bridgehead atoms. The minimum atomic E-state index is 0. The molecular formula is C10H17I2Zr. The van der Waals surface area contributed by atoms with Gasteiger partial charge in [-0.25, -0.2) is 0 Å². The minimum absolute atomic E-state index is 0. The summed E-state index contributed by atoms with van der Waals surface area (Å²) in [7, 11) is 0. The Morgan fingerprint density at radius 1 is 0.923 bits per heavy atom. The Hall–Kier alpha value is 1.82. The van der Waals surface area contributed by atoms with Crippen LogP contribution in [0.1, 0.15) is 34.6 Å². The van der Waals surface area contributed by atoms with Crippen molar-refractivity contribution >= 4 is 48.0 Å². The van der Waals surface area contributed by atoms with Gasteiger partial charge in [0.15, 0.2) is 0 Å². The molecule has 0 N–H and O–H groups in total. The zero-order valence-corrected chi connectivity index (χ0v) is 15.9. The van der Waals surface area contributed by atoms with Crippen molar-refractivity contribution in [2.45, 2.75) is 34.6 Å². The van der Waals surface area contributed by atoms with Crippen molar-refractivity contribution < 1.29 is 24.7 Å². The smallest absolute Gasteiger partial charge is 0.107 e. The predicted octanol–water partition coefficient (Wildman–Crippen LogP) is 4.42. The molecule has 1 aliphatic rings. The summed E-state index contributed by atoms with van der Waals surface area (Å²) in [5.74, 6) is 0. The summed E-state index contributed by atoms with van der Waals surface area (Å²) in [6.45, 7) is 11.4. The van der Waals surface area contributed by atoms with Crippen molar-refractivity contribution in [1.82, 2.24) is 0 Å². The van der Waals surface area contributed by atoms with Crippen LogP contribution in [-0.2, 0) is 24.7 Å². The van der Waals surface area contributed by atoms with Gasteiger partial charge in [-0.2, -0.15) is 0 Å². The Labute approximate surface area is 131 Å². The van der Waals surface area contributed by atoms with E-state index in [2.05, 4.69) is 34.6 Å². The number of rotatable bonds is 0. The van der Waals surface area contributed by atoms with E-state index in [1.54, 1.807) is 33.6 Å². The molecule has 0 unspecified atom stereocenters. The molecule has 13 heavy (non-hydrogen) atoms. The van der Waals surface area contributed by atoms with E-state index >= 15 is 0 Å². The summed E-state index contributed by atoms with van der Waals surface area (Å²) in [5, 5.41) is 0. The Morgan fingerprint density at radius 2 is 1.31 bits per heavy atom. The van der Waals surface area contributed by atoms with E-state index in [0.29, 0.717) is 5.41 Å². The van der Waals surface area contributed by atoms with Gasteiger partial charge in [0.2, 0.25) is 0 Å². The van der Waals surface area contributed by atoms with Crippen LogP contribution in [-0.4, -0.2) is 0 Å². The van der Waals surface area contributed by atoms with Gasteiger partial charge in [0, 0.05) is 0 Å². The normalized spacial score (nSPS) is 19.7. The molecular weight excluding hydrogens is 465 g/mol. The summed E-state index contributed by atoms with van der Waals surface area (Å²) in [5.41, 5.74) is 4.96. The fourth-order valence-electron chi connectivity index (χ4n) is 1.59. The summed E-state index contributed by atoms with van der Waals surface area (Å²) >= 11 is 1.57. The van der Waals surface area contributed by atoms with Crippen LogP contribution in [0.3, 0.4) is 0 Å². The molecule has 0 saturated carbocycles. The van der Waals surface area contributed by atoms with Gasteiger partial charge < -0.3 is 0 Å². The van der Waals surface area contributed by atoms with Crippen molar-refractivity contribution in [2.75, 3.05) is 0 Å². The van der Waals surface area contributed by atoms with Gasteiger partial charge in [-0.3, -0.25) is 0 Å². The van der Waals surface area contributed by atoms with E-state index in [1.165, 1.54) is 11.1 Å². The van der Waals surface area contributed by atoms with Crippen LogP contribution in [0.5, 0.6) is 0 Å². The van der Waals surface area contributed by atoms with Crippen molar-refractivity contribution in [3.8, 4) is 0 Å². The zero-order chi connectivity index (χ0) is 8.81. The van der Waals surface area contributed by atoms with Crippen LogP contribution in [0.25, 0.3) is 0 Å². The van der Waals surface area contributed by atoms with Crippen LogP contribution in [0.2, 0.25) is 0 Å². The fourth-order valence-corrected chi connectivity index (χ4v) is 2.52. The average molecular weight is 482 g/mol. The van der Waals surface area contributed by atoms with Gasteiger partial charge in [0.1, 0.15) is 0 Å².